The molecule has 0 aliphatic heterocycles. The average molecular weight is 214 g/mol. The number of hydrogen-bond donors (Lipinski definition) is 3. The van der Waals surface area contributed by atoms with Crippen LogP contribution in [0.15, 0.2) is 11.4 Å². The van der Waals surface area contributed by atoms with E-state index in [1.807, 2.05) is 6.92 Å². The van der Waals surface area contributed by atoms with Gasteiger partial charge >= 0.3 is 0 Å². The second-order valence-corrected chi connectivity index (χ2v) is 3.88. The van der Waals surface area contributed by atoms with Crippen molar-refractivity contribution in [2.75, 3.05) is 12.3 Å². The molecule has 0 fully saturated rings. The molecule has 0 aliphatic carbocycles. The summed E-state index contributed by atoms with van der Waals surface area (Å²) in [6.45, 7) is 1.85. The Bertz CT molecular complexity index is 308. The first kappa shape index (κ1) is 11.0. The summed E-state index contributed by atoms with van der Waals surface area (Å²) in [5.74, 6) is -0.210. The van der Waals surface area contributed by atoms with E-state index in [2.05, 4.69) is 5.32 Å². The van der Waals surface area contributed by atoms with Gasteiger partial charge in [-0.3, -0.25) is 4.79 Å². The standard InChI is InChI=1S/C9H14N2O2S/c1-2-6(5-12)11-9(13)8-7(10)3-4-14-8/h3-4,6,12H,2,5,10H2,1H3,(H,11,13)/t6-/m0/s1. The fourth-order valence-electron chi connectivity index (χ4n) is 1.03. The van der Waals surface area contributed by atoms with Crippen molar-refractivity contribution < 1.29 is 9.90 Å². The molecule has 5 heteroatoms. The van der Waals surface area contributed by atoms with Crippen LogP contribution in [0.5, 0.6) is 0 Å². The number of thiophene rings is 1. The largest absolute Gasteiger partial charge is 0.397 e. The van der Waals surface area contributed by atoms with Crippen LogP contribution in [0.2, 0.25) is 0 Å². The molecule has 1 aromatic heterocycles. The molecule has 14 heavy (non-hydrogen) atoms. The monoisotopic (exact) mass is 214 g/mol. The molecule has 0 bridgehead atoms. The van der Waals surface area contributed by atoms with Gasteiger partial charge in [0.2, 0.25) is 0 Å². The number of rotatable bonds is 4. The minimum absolute atomic E-state index is 0.0481. The molecule has 0 spiro atoms. The van der Waals surface area contributed by atoms with Crippen LogP contribution in [0.25, 0.3) is 0 Å². The van der Waals surface area contributed by atoms with Gasteiger partial charge in [-0.2, -0.15) is 0 Å². The smallest absolute Gasteiger partial charge is 0.263 e. The van der Waals surface area contributed by atoms with Crippen molar-refractivity contribution in [1.82, 2.24) is 5.32 Å². The molecule has 0 aromatic carbocycles. The highest BCUT2D eigenvalue weighted by Crippen LogP contribution is 2.18. The van der Waals surface area contributed by atoms with Crippen LogP contribution in [-0.2, 0) is 0 Å². The molecule has 0 aliphatic rings. The maximum atomic E-state index is 11.6. The van der Waals surface area contributed by atoms with Crippen LogP contribution in [0, 0.1) is 0 Å². The fraction of sp³-hybridized carbons (Fsp3) is 0.444. The van der Waals surface area contributed by atoms with Gasteiger partial charge in [-0.25, -0.2) is 0 Å². The summed E-state index contributed by atoms with van der Waals surface area (Å²) in [5.41, 5.74) is 6.07. The molecule has 4 N–H and O–H groups in total. The molecule has 0 saturated heterocycles. The first-order valence-corrected chi connectivity index (χ1v) is 5.31. The van der Waals surface area contributed by atoms with E-state index in [9.17, 15) is 4.79 Å². The third-order valence-electron chi connectivity index (χ3n) is 1.95. The van der Waals surface area contributed by atoms with Gasteiger partial charge in [-0.1, -0.05) is 6.92 Å². The van der Waals surface area contributed by atoms with Gasteiger partial charge in [0.25, 0.3) is 5.91 Å². The second kappa shape index (κ2) is 4.97. The summed E-state index contributed by atoms with van der Waals surface area (Å²) in [7, 11) is 0. The van der Waals surface area contributed by atoms with Crippen molar-refractivity contribution >= 4 is 22.9 Å². The van der Waals surface area contributed by atoms with Gasteiger partial charge in [-0.05, 0) is 17.9 Å². The fourth-order valence-corrected chi connectivity index (χ4v) is 1.75. The van der Waals surface area contributed by atoms with Crippen molar-refractivity contribution in [2.24, 2.45) is 0 Å². The normalized spacial score (nSPS) is 12.4. The molecule has 78 valence electrons. The molecule has 4 nitrogen and oxygen atoms in total. The highest BCUT2D eigenvalue weighted by Gasteiger charge is 2.14. The SMILES string of the molecule is CC[C@@H](CO)NC(=O)c1sccc1N. The van der Waals surface area contributed by atoms with E-state index in [0.29, 0.717) is 17.0 Å². The Kier molecular flexibility index (Phi) is 3.91. The quantitative estimate of drug-likeness (QED) is 0.695. The molecule has 0 unspecified atom stereocenters. The maximum absolute atomic E-state index is 11.6. The van der Waals surface area contributed by atoms with Crippen molar-refractivity contribution in [2.45, 2.75) is 19.4 Å². The van der Waals surface area contributed by atoms with Gasteiger partial charge in [0.05, 0.1) is 18.3 Å². The van der Waals surface area contributed by atoms with Gasteiger partial charge in [0, 0.05) is 0 Å². The zero-order valence-corrected chi connectivity index (χ0v) is 8.80. The predicted octanol–water partition coefficient (Wildman–Crippen LogP) is 0.831. The van der Waals surface area contributed by atoms with Gasteiger partial charge in [-0.15, -0.1) is 11.3 Å². The molecule has 1 amide bonds. The maximum Gasteiger partial charge on any atom is 0.263 e. The molecule has 1 aromatic rings. The van der Waals surface area contributed by atoms with E-state index in [1.54, 1.807) is 11.4 Å². The lowest BCUT2D eigenvalue weighted by molar-refractivity contribution is 0.0920. The summed E-state index contributed by atoms with van der Waals surface area (Å²) in [4.78, 5) is 12.1. The molecule has 1 heterocycles. The predicted molar refractivity (Wildman–Crippen MR) is 57.4 cm³/mol. The zero-order chi connectivity index (χ0) is 10.6. The summed E-state index contributed by atoms with van der Waals surface area (Å²) in [5, 5.41) is 13.4. The summed E-state index contributed by atoms with van der Waals surface area (Å²) in [6, 6.07) is 1.50. The Morgan fingerprint density at radius 2 is 2.50 bits per heavy atom. The Morgan fingerprint density at radius 1 is 1.79 bits per heavy atom. The van der Waals surface area contributed by atoms with Crippen molar-refractivity contribution in [3.05, 3.63) is 16.3 Å². The zero-order valence-electron chi connectivity index (χ0n) is 7.99. The van der Waals surface area contributed by atoms with E-state index in [-0.39, 0.29) is 18.6 Å². The Morgan fingerprint density at radius 3 is 2.93 bits per heavy atom. The summed E-state index contributed by atoms with van der Waals surface area (Å²) in [6.07, 6.45) is 0.702. The number of carbonyl (C=O) groups excluding carboxylic acids is 1. The third-order valence-corrected chi connectivity index (χ3v) is 2.88. The van der Waals surface area contributed by atoms with E-state index >= 15 is 0 Å². The van der Waals surface area contributed by atoms with E-state index in [4.69, 9.17) is 10.8 Å². The van der Waals surface area contributed by atoms with Crippen molar-refractivity contribution in [3.63, 3.8) is 0 Å². The third kappa shape index (κ3) is 2.46. The van der Waals surface area contributed by atoms with E-state index < -0.39 is 0 Å². The van der Waals surface area contributed by atoms with Crippen LogP contribution in [0.4, 0.5) is 5.69 Å². The van der Waals surface area contributed by atoms with Crippen LogP contribution >= 0.6 is 11.3 Å². The Labute approximate surface area is 86.7 Å². The van der Waals surface area contributed by atoms with Crippen LogP contribution in [-0.4, -0.2) is 23.7 Å². The van der Waals surface area contributed by atoms with Gasteiger partial charge in [0.15, 0.2) is 0 Å². The van der Waals surface area contributed by atoms with Crippen LogP contribution in [0.3, 0.4) is 0 Å². The van der Waals surface area contributed by atoms with E-state index in [0.717, 1.165) is 0 Å². The number of aliphatic hydroxyl groups excluding tert-OH is 1. The minimum Gasteiger partial charge on any atom is -0.397 e. The van der Waals surface area contributed by atoms with Gasteiger partial charge < -0.3 is 16.2 Å². The minimum atomic E-state index is -0.210. The first-order valence-electron chi connectivity index (χ1n) is 4.43. The molecular formula is C9H14N2O2S. The van der Waals surface area contributed by atoms with Crippen molar-refractivity contribution in [1.29, 1.82) is 0 Å². The lowest BCUT2D eigenvalue weighted by Gasteiger charge is -2.13. The molecule has 1 atom stereocenters. The molecule has 1 rings (SSSR count). The summed E-state index contributed by atoms with van der Waals surface area (Å²) < 4.78 is 0. The van der Waals surface area contributed by atoms with Crippen LogP contribution in [0.1, 0.15) is 23.0 Å². The number of anilines is 1. The van der Waals surface area contributed by atoms with Crippen molar-refractivity contribution in [3.8, 4) is 0 Å². The Balaban J connectivity index is 2.63. The summed E-state index contributed by atoms with van der Waals surface area (Å²) >= 11 is 1.30. The molecular weight excluding hydrogens is 200 g/mol. The molecule has 0 saturated carbocycles. The lowest BCUT2D eigenvalue weighted by atomic mass is 10.2. The number of amides is 1. The number of carbonyl (C=O) groups is 1. The highest BCUT2D eigenvalue weighted by atomic mass is 32.1. The highest BCUT2D eigenvalue weighted by molar-refractivity contribution is 7.12. The number of nitrogens with two attached hydrogens (primary N) is 1. The second-order valence-electron chi connectivity index (χ2n) is 2.97. The Hall–Kier alpha value is -1.07. The average Bonchev–Trinajstić information content (AvgIpc) is 2.60. The number of hydrogen-bond acceptors (Lipinski definition) is 4. The first-order chi connectivity index (χ1) is 6.69. The topological polar surface area (TPSA) is 75.3 Å². The molecule has 0 radical (unpaired) electrons. The number of nitrogen functional groups attached to an aromatic ring is 1. The number of aliphatic hydroxyl groups is 1. The van der Waals surface area contributed by atoms with E-state index in [1.165, 1.54) is 11.3 Å². The number of nitrogens with one attached hydrogen (secondary N) is 1. The van der Waals surface area contributed by atoms with Crippen LogP contribution < -0.4 is 11.1 Å². The lowest BCUT2D eigenvalue weighted by Crippen LogP contribution is -2.36. The van der Waals surface area contributed by atoms with Gasteiger partial charge in [0.1, 0.15) is 4.88 Å².